The monoisotopic (exact) mass is 315 g/mol. The molecule has 1 amide bonds. The molecule has 0 bridgehead atoms. The van der Waals surface area contributed by atoms with E-state index in [0.717, 1.165) is 35.5 Å². The maximum atomic E-state index is 12.1. The topological polar surface area (TPSA) is 29.1 Å². The normalized spacial score (nSPS) is 10.5. The third-order valence-corrected chi connectivity index (χ3v) is 4.04. The van der Waals surface area contributed by atoms with Crippen LogP contribution >= 0.6 is 11.6 Å². The van der Waals surface area contributed by atoms with E-state index in [1.54, 1.807) is 0 Å². The first-order valence-electron chi connectivity index (χ1n) is 7.73. The number of hydrogen-bond donors (Lipinski definition) is 1. The van der Waals surface area contributed by atoms with Crippen molar-refractivity contribution in [3.8, 4) is 0 Å². The number of hydrogen-bond acceptors (Lipinski definition) is 1. The molecule has 0 aliphatic rings. The fourth-order valence-corrected chi connectivity index (χ4v) is 2.63. The highest BCUT2D eigenvalue weighted by molar-refractivity contribution is 6.30. The largest absolute Gasteiger partial charge is 0.326 e. The number of para-hydroxylation sites is 1. The lowest BCUT2D eigenvalue weighted by molar-refractivity contribution is -0.116. The number of amides is 1. The summed E-state index contributed by atoms with van der Waals surface area (Å²) >= 11 is 5.87. The molecule has 0 saturated carbocycles. The molecule has 116 valence electrons. The van der Waals surface area contributed by atoms with E-state index < -0.39 is 0 Å². The first-order chi connectivity index (χ1) is 10.6. The van der Waals surface area contributed by atoms with Crippen LogP contribution in [0.2, 0.25) is 5.02 Å². The molecule has 0 aliphatic heterocycles. The van der Waals surface area contributed by atoms with Gasteiger partial charge in [0.25, 0.3) is 0 Å². The Hall–Kier alpha value is -1.80. The molecule has 0 radical (unpaired) electrons. The van der Waals surface area contributed by atoms with Crippen molar-refractivity contribution in [3.63, 3.8) is 0 Å². The summed E-state index contributed by atoms with van der Waals surface area (Å²) in [6.07, 6.45) is 3.17. The predicted octanol–water partition coefficient (Wildman–Crippen LogP) is 5.17. The van der Waals surface area contributed by atoms with Gasteiger partial charge in [-0.3, -0.25) is 4.79 Å². The van der Waals surface area contributed by atoms with Gasteiger partial charge in [0, 0.05) is 17.1 Å². The van der Waals surface area contributed by atoms with Gasteiger partial charge in [0.15, 0.2) is 0 Å². The average molecular weight is 316 g/mol. The van der Waals surface area contributed by atoms with Crippen molar-refractivity contribution in [1.29, 1.82) is 0 Å². The lowest BCUT2D eigenvalue weighted by Crippen LogP contribution is -2.14. The molecule has 0 unspecified atom stereocenters. The Bertz CT molecular complexity index is 634. The predicted molar refractivity (Wildman–Crippen MR) is 93.6 cm³/mol. The zero-order chi connectivity index (χ0) is 15.9. The highest BCUT2D eigenvalue weighted by Gasteiger charge is 2.08. The summed E-state index contributed by atoms with van der Waals surface area (Å²) in [6, 6.07) is 13.9. The summed E-state index contributed by atoms with van der Waals surface area (Å²) in [6.45, 7) is 4.13. The van der Waals surface area contributed by atoms with Crippen LogP contribution < -0.4 is 5.32 Å². The summed E-state index contributed by atoms with van der Waals surface area (Å²) in [5, 5.41) is 3.81. The molecule has 0 saturated heterocycles. The Balaban J connectivity index is 1.87. The molecular weight excluding hydrogens is 294 g/mol. The SMILES string of the molecule is CCc1cccc(C)c1NC(=O)CCCc1ccc(Cl)cc1. The van der Waals surface area contributed by atoms with Crippen LogP contribution in [-0.2, 0) is 17.6 Å². The second-order valence-corrected chi connectivity index (χ2v) is 5.93. The molecule has 3 heteroatoms. The van der Waals surface area contributed by atoms with Crippen LogP contribution in [0.4, 0.5) is 5.69 Å². The fourth-order valence-electron chi connectivity index (χ4n) is 2.51. The van der Waals surface area contributed by atoms with Gasteiger partial charge in [0.05, 0.1) is 0 Å². The van der Waals surface area contributed by atoms with Crippen molar-refractivity contribution in [1.82, 2.24) is 0 Å². The van der Waals surface area contributed by atoms with E-state index in [1.165, 1.54) is 11.1 Å². The van der Waals surface area contributed by atoms with Crippen molar-refractivity contribution in [3.05, 3.63) is 64.2 Å². The van der Waals surface area contributed by atoms with Gasteiger partial charge < -0.3 is 5.32 Å². The summed E-state index contributed by atoms with van der Waals surface area (Å²) < 4.78 is 0. The third-order valence-electron chi connectivity index (χ3n) is 3.79. The molecule has 0 aromatic heterocycles. The number of anilines is 1. The number of nitrogens with one attached hydrogen (secondary N) is 1. The number of aryl methyl sites for hydroxylation is 3. The number of rotatable bonds is 6. The van der Waals surface area contributed by atoms with E-state index in [0.29, 0.717) is 6.42 Å². The summed E-state index contributed by atoms with van der Waals surface area (Å²) in [5.41, 5.74) is 4.49. The summed E-state index contributed by atoms with van der Waals surface area (Å²) in [5.74, 6) is 0.0814. The minimum Gasteiger partial charge on any atom is -0.326 e. The molecular formula is C19H22ClNO. The van der Waals surface area contributed by atoms with Gasteiger partial charge in [0.1, 0.15) is 0 Å². The van der Waals surface area contributed by atoms with Crippen molar-refractivity contribution in [2.24, 2.45) is 0 Å². The van der Waals surface area contributed by atoms with E-state index in [-0.39, 0.29) is 5.91 Å². The van der Waals surface area contributed by atoms with E-state index in [1.807, 2.05) is 43.3 Å². The molecule has 0 spiro atoms. The molecule has 0 aliphatic carbocycles. The Morgan fingerprint density at radius 2 is 1.86 bits per heavy atom. The van der Waals surface area contributed by atoms with Gasteiger partial charge in [-0.1, -0.05) is 48.9 Å². The van der Waals surface area contributed by atoms with Gasteiger partial charge in [-0.25, -0.2) is 0 Å². The highest BCUT2D eigenvalue weighted by atomic mass is 35.5. The van der Waals surface area contributed by atoms with Gasteiger partial charge in [-0.05, 0) is 55.0 Å². The zero-order valence-corrected chi connectivity index (χ0v) is 13.9. The average Bonchev–Trinajstić information content (AvgIpc) is 2.51. The van der Waals surface area contributed by atoms with Crippen molar-refractivity contribution < 1.29 is 4.79 Å². The van der Waals surface area contributed by atoms with Crippen molar-refractivity contribution in [2.75, 3.05) is 5.32 Å². The third kappa shape index (κ3) is 4.60. The molecule has 2 rings (SSSR count). The number of carbonyl (C=O) groups is 1. The lowest BCUT2D eigenvalue weighted by atomic mass is 10.0. The molecule has 0 atom stereocenters. The Kier molecular flexibility index (Phi) is 6.02. The van der Waals surface area contributed by atoms with Crippen LogP contribution in [0.25, 0.3) is 0 Å². The van der Waals surface area contributed by atoms with Gasteiger partial charge in [-0.15, -0.1) is 0 Å². The maximum absolute atomic E-state index is 12.1. The van der Waals surface area contributed by atoms with Crippen LogP contribution in [-0.4, -0.2) is 5.91 Å². The molecule has 1 N–H and O–H groups in total. The van der Waals surface area contributed by atoms with Gasteiger partial charge in [-0.2, -0.15) is 0 Å². The Morgan fingerprint density at radius 1 is 1.14 bits per heavy atom. The molecule has 2 nitrogen and oxygen atoms in total. The molecule has 2 aromatic rings. The van der Waals surface area contributed by atoms with E-state index in [9.17, 15) is 4.79 Å². The van der Waals surface area contributed by atoms with E-state index >= 15 is 0 Å². The fraction of sp³-hybridized carbons (Fsp3) is 0.316. The molecule has 0 fully saturated rings. The van der Waals surface area contributed by atoms with Crippen LogP contribution in [0.1, 0.15) is 36.5 Å². The van der Waals surface area contributed by atoms with Crippen LogP contribution in [0.15, 0.2) is 42.5 Å². The van der Waals surface area contributed by atoms with Gasteiger partial charge in [0.2, 0.25) is 5.91 Å². The quantitative estimate of drug-likeness (QED) is 0.782. The van der Waals surface area contributed by atoms with E-state index in [2.05, 4.69) is 18.3 Å². The highest BCUT2D eigenvalue weighted by Crippen LogP contribution is 2.21. The Morgan fingerprint density at radius 3 is 2.55 bits per heavy atom. The smallest absolute Gasteiger partial charge is 0.224 e. The van der Waals surface area contributed by atoms with Gasteiger partial charge >= 0.3 is 0 Å². The van der Waals surface area contributed by atoms with Crippen LogP contribution in [0, 0.1) is 6.92 Å². The second-order valence-electron chi connectivity index (χ2n) is 5.49. The van der Waals surface area contributed by atoms with E-state index in [4.69, 9.17) is 11.6 Å². The maximum Gasteiger partial charge on any atom is 0.224 e. The Labute approximate surface area is 137 Å². The lowest BCUT2D eigenvalue weighted by Gasteiger charge is -2.13. The molecule has 2 aromatic carbocycles. The standard InChI is InChI=1S/C19H22ClNO/c1-3-16-8-4-6-14(2)19(16)21-18(22)9-5-7-15-10-12-17(20)13-11-15/h4,6,8,10-13H,3,5,7,9H2,1-2H3,(H,21,22). The number of carbonyl (C=O) groups excluding carboxylic acids is 1. The minimum absolute atomic E-state index is 0.0814. The van der Waals surface area contributed by atoms with Crippen LogP contribution in [0.3, 0.4) is 0 Å². The summed E-state index contributed by atoms with van der Waals surface area (Å²) in [7, 11) is 0. The summed E-state index contributed by atoms with van der Waals surface area (Å²) in [4.78, 5) is 12.1. The van der Waals surface area contributed by atoms with Crippen molar-refractivity contribution in [2.45, 2.75) is 39.5 Å². The number of benzene rings is 2. The number of halogens is 1. The minimum atomic E-state index is 0.0814. The molecule has 22 heavy (non-hydrogen) atoms. The first-order valence-corrected chi connectivity index (χ1v) is 8.10. The first kappa shape index (κ1) is 16.6. The zero-order valence-electron chi connectivity index (χ0n) is 13.2. The van der Waals surface area contributed by atoms with Crippen LogP contribution in [0.5, 0.6) is 0 Å². The second kappa shape index (κ2) is 8.00. The molecule has 0 heterocycles. The van der Waals surface area contributed by atoms with Crippen molar-refractivity contribution >= 4 is 23.2 Å².